The van der Waals surface area contributed by atoms with E-state index in [-0.39, 0.29) is 146 Å². The van der Waals surface area contributed by atoms with Crippen LogP contribution in [0.3, 0.4) is 0 Å². The van der Waals surface area contributed by atoms with Crippen molar-refractivity contribution < 1.29 is 37.9 Å². The molecule has 32 unspecified atom stereocenters. The second-order valence-corrected chi connectivity index (χ2v) is 38.1. The fourth-order valence-corrected chi connectivity index (χ4v) is 27.6. The maximum atomic E-state index is 7.31. The second kappa shape index (κ2) is 23.5. The normalized spacial score (nSPS) is 55.7. The van der Waals surface area contributed by atoms with E-state index in [4.69, 9.17) is 55.7 Å². The summed E-state index contributed by atoms with van der Waals surface area (Å²) in [5.74, 6) is 3.95. The van der Waals surface area contributed by atoms with Crippen LogP contribution in [0.4, 0.5) is 0 Å². The quantitative estimate of drug-likeness (QED) is 0.0904. The third kappa shape index (κ3) is 9.06. The minimum absolute atomic E-state index is 0.00157. The summed E-state index contributed by atoms with van der Waals surface area (Å²) >= 11 is -2.57. The maximum absolute atomic E-state index is 7.31. The van der Waals surface area contributed by atoms with Gasteiger partial charge in [-0.05, 0) is 12.8 Å². The molecule has 20 heteroatoms. The van der Waals surface area contributed by atoms with Gasteiger partial charge >= 0.3 is 435 Å². The Morgan fingerprint density at radius 1 is 0.303 bits per heavy atom. The third-order valence-corrected chi connectivity index (χ3v) is 29.2. The molecule has 0 spiro atoms. The Hall–Kier alpha value is 1.02. The van der Waals surface area contributed by atoms with Gasteiger partial charge in [-0.1, -0.05) is 12.8 Å². The van der Waals surface area contributed by atoms with Gasteiger partial charge in [-0.2, -0.15) is 0 Å². The molecule has 32 atom stereocenters. The number of halogens is 3. The van der Waals surface area contributed by atoms with E-state index in [1.807, 2.05) is 56.9 Å². The van der Waals surface area contributed by atoms with Crippen molar-refractivity contribution in [1.82, 2.24) is 41.5 Å². The Bertz CT molecular complexity index is 1860. The van der Waals surface area contributed by atoms with Crippen LogP contribution < -0.4 is 37.2 Å². The summed E-state index contributed by atoms with van der Waals surface area (Å²) in [6.45, 7) is 0. The zero-order valence-corrected chi connectivity index (χ0v) is 51.0. The summed E-state index contributed by atoms with van der Waals surface area (Å²) in [7, 11) is 32.1. The number of nitrogens with one attached hydrogen (secondary N) is 7. The fraction of sp³-hybridized carbons (Fsp3) is 1.00. The van der Waals surface area contributed by atoms with Crippen molar-refractivity contribution in [1.29, 1.82) is 0 Å². The SMILES string of the molecule is COC1C2CCCCC2C(OC)C2C3NC(NC4NC(NC5C6C(OC)C7CCCCC7C(OC)C6C(NC6NC(N3)C3C(OC)C7CCCCC7C(OC)C63)N5SI(Cl)Cl)C3C(OC)C5CCCCC5C(OC)C43)C12. The Morgan fingerprint density at radius 3 is 0.671 bits per heavy atom. The molecule has 13 fully saturated rings. The summed E-state index contributed by atoms with van der Waals surface area (Å²) in [6, 6.07) is 0. The molecule has 8 bridgehead atoms. The van der Waals surface area contributed by atoms with E-state index in [1.165, 1.54) is 64.2 Å². The average Bonchev–Trinajstić information content (AvgIpc) is 4.36. The standard InChI is InChI=1S/C56H95Cl2IN8O8S/c1-68-41-25-17-9-10-18-26(25)42(69-2)34-33(41)49-60-50(34)62-52-36-38(46(73-6)30-22-14-12-20-28(30)44(36)71-4)54(64-52)66-56-40-39(47(74-7)31-23-15-16-24-32(31)48(40)75-8)55(67(56)76-59(57)58)65-53-37-35(51(61-49)63-53)43(70-3)27-19-11-13-21-29(27)45(37)72-5/h25-56,60-66H,9-24H2,1-8H3. The molecule has 76 heavy (non-hydrogen) atoms. The first-order valence-electron chi connectivity index (χ1n) is 30.3. The van der Waals surface area contributed by atoms with E-state index in [1.54, 1.807) is 9.12 Å². The Balaban J connectivity index is 0.993. The molecule has 13 rings (SSSR count). The van der Waals surface area contributed by atoms with Crippen LogP contribution >= 0.6 is 43.1 Å². The summed E-state index contributed by atoms with van der Waals surface area (Å²) < 4.78 is 58.0. The second-order valence-electron chi connectivity index (χ2n) is 26.2. The minimum atomic E-state index is -2.57. The summed E-state index contributed by atoms with van der Waals surface area (Å²) in [6.07, 6.45) is 18.2. The fourth-order valence-electron chi connectivity index (χ4n) is 21.9. The van der Waals surface area contributed by atoms with Crippen molar-refractivity contribution in [2.45, 2.75) is 201 Å². The van der Waals surface area contributed by atoms with Gasteiger partial charge in [0, 0.05) is 14.2 Å². The van der Waals surface area contributed by atoms with E-state index in [9.17, 15) is 0 Å². The van der Waals surface area contributed by atoms with Gasteiger partial charge in [0.1, 0.15) is 0 Å². The molecule has 13 aliphatic rings. The van der Waals surface area contributed by atoms with Gasteiger partial charge in [0.2, 0.25) is 0 Å². The van der Waals surface area contributed by atoms with Crippen molar-refractivity contribution in [3.63, 3.8) is 0 Å². The van der Waals surface area contributed by atoms with Crippen LogP contribution in [0, 0.1) is 94.7 Å². The molecule has 0 radical (unpaired) electrons. The van der Waals surface area contributed by atoms with Crippen LogP contribution in [-0.2, 0) is 37.9 Å². The first-order valence-corrected chi connectivity index (χ1v) is 39.0. The Kier molecular flexibility index (Phi) is 17.3. The van der Waals surface area contributed by atoms with Gasteiger partial charge < -0.3 is 0 Å². The van der Waals surface area contributed by atoms with E-state index in [2.05, 4.69) is 41.5 Å². The number of methoxy groups -OCH3 is 8. The molecule has 5 heterocycles. The van der Waals surface area contributed by atoms with E-state index in [0.717, 1.165) is 38.5 Å². The monoisotopic (exact) mass is 1240 g/mol. The van der Waals surface area contributed by atoms with Gasteiger partial charge in [0.25, 0.3) is 0 Å². The first-order chi connectivity index (χ1) is 37.2. The molecular weight excluding hydrogens is 1140 g/mol. The first kappa shape index (κ1) is 56.2. The average molecular weight is 1240 g/mol. The van der Waals surface area contributed by atoms with Crippen molar-refractivity contribution in [3.8, 4) is 0 Å². The number of nitrogens with zero attached hydrogens (tertiary/aromatic N) is 1. The molecule has 434 valence electrons. The van der Waals surface area contributed by atoms with Gasteiger partial charge in [-0.15, -0.1) is 0 Å². The van der Waals surface area contributed by atoms with Crippen molar-refractivity contribution in [2.75, 3.05) is 56.9 Å². The molecule has 5 saturated heterocycles. The molecule has 0 aromatic carbocycles. The van der Waals surface area contributed by atoms with E-state index >= 15 is 0 Å². The Morgan fingerprint density at radius 2 is 0.487 bits per heavy atom. The zero-order valence-electron chi connectivity index (χ0n) is 46.5. The molecule has 0 amide bonds. The molecule has 16 nitrogen and oxygen atoms in total. The molecule has 5 aliphatic heterocycles. The summed E-state index contributed by atoms with van der Waals surface area (Å²) in [4.78, 5) is 0. The van der Waals surface area contributed by atoms with E-state index in [0.29, 0.717) is 47.3 Å². The predicted octanol–water partition coefficient (Wildman–Crippen LogP) is 6.80. The number of hydrogen-bond acceptors (Lipinski definition) is 17. The molecule has 7 N–H and O–H groups in total. The number of ether oxygens (including phenoxy) is 8. The van der Waals surface area contributed by atoms with Crippen LogP contribution in [0.1, 0.15) is 103 Å². The van der Waals surface area contributed by atoms with Gasteiger partial charge in [0.15, 0.2) is 0 Å². The molecule has 0 aromatic heterocycles. The molecule has 8 aliphatic carbocycles. The zero-order chi connectivity index (χ0) is 52.3. The van der Waals surface area contributed by atoms with Gasteiger partial charge in [-0.3, -0.25) is 0 Å². The third-order valence-electron chi connectivity index (χ3n) is 24.1. The van der Waals surface area contributed by atoms with Crippen LogP contribution in [0.25, 0.3) is 0 Å². The van der Waals surface area contributed by atoms with Crippen LogP contribution in [-0.4, -0.2) is 159 Å². The number of fused-ring (bicyclic) bond motifs is 24. The van der Waals surface area contributed by atoms with Crippen LogP contribution in [0.5, 0.6) is 0 Å². The van der Waals surface area contributed by atoms with Crippen LogP contribution in [0.2, 0.25) is 0 Å². The Labute approximate surface area is 472 Å². The number of rotatable bonds is 10. The van der Waals surface area contributed by atoms with Gasteiger partial charge in [0.05, 0.1) is 0 Å². The van der Waals surface area contributed by atoms with Crippen molar-refractivity contribution in [3.05, 3.63) is 0 Å². The number of hydrogen-bond donors (Lipinski definition) is 7. The van der Waals surface area contributed by atoms with E-state index < -0.39 is 16.2 Å². The van der Waals surface area contributed by atoms with Crippen molar-refractivity contribution >= 4 is 43.1 Å². The summed E-state index contributed by atoms with van der Waals surface area (Å²) in [5.41, 5.74) is 0. The van der Waals surface area contributed by atoms with Crippen molar-refractivity contribution in [2.24, 2.45) is 94.7 Å². The molecule has 0 aromatic rings. The van der Waals surface area contributed by atoms with Crippen LogP contribution in [0.15, 0.2) is 0 Å². The molecule has 8 saturated carbocycles. The summed E-state index contributed by atoms with van der Waals surface area (Å²) in [5, 5.41) is 31.2. The molecular formula is C56H95Cl2IN8O8S. The van der Waals surface area contributed by atoms with Gasteiger partial charge in [-0.25, -0.2) is 0 Å². The predicted molar refractivity (Wildman–Crippen MR) is 303 cm³/mol. The topological polar surface area (TPSA) is 161 Å².